The summed E-state index contributed by atoms with van der Waals surface area (Å²) in [6.45, 7) is 3.71. The predicted octanol–water partition coefficient (Wildman–Crippen LogP) is 3.56. The van der Waals surface area contributed by atoms with Gasteiger partial charge in [0.25, 0.3) is 0 Å². The fourth-order valence-corrected chi connectivity index (χ4v) is 1.84. The van der Waals surface area contributed by atoms with Gasteiger partial charge in [-0.2, -0.15) is 0 Å². The van der Waals surface area contributed by atoms with E-state index in [4.69, 9.17) is 0 Å². The van der Waals surface area contributed by atoms with Gasteiger partial charge >= 0.3 is 77.6 Å². The molecule has 0 radical (unpaired) electrons. The summed E-state index contributed by atoms with van der Waals surface area (Å²) in [5.41, 5.74) is 1.55. The second kappa shape index (κ2) is 8.29. The van der Waals surface area contributed by atoms with Crippen molar-refractivity contribution in [3.8, 4) is 0 Å². The van der Waals surface area contributed by atoms with E-state index in [1.54, 1.807) is 33.6 Å². The molecule has 0 aromatic rings. The van der Waals surface area contributed by atoms with Crippen LogP contribution >= 0.6 is 24.8 Å². The Morgan fingerprint density at radius 2 is 2.17 bits per heavy atom. The fraction of sp³-hybridized carbons (Fsp3) is 0.333. The topological polar surface area (TPSA) is 0 Å². The number of allylic oxidation sites excluding steroid dienone is 5. The third kappa shape index (κ3) is 4.65. The Hall–Kier alpha value is 0.683. The quantitative estimate of drug-likeness (QED) is 0.695. The molecule has 12 heavy (non-hydrogen) atoms. The van der Waals surface area contributed by atoms with E-state index in [2.05, 4.69) is 18.7 Å². The van der Waals surface area contributed by atoms with Gasteiger partial charge in [-0.15, -0.1) is 24.8 Å². The van der Waals surface area contributed by atoms with Gasteiger partial charge in [0.05, 0.1) is 0 Å². The summed E-state index contributed by atoms with van der Waals surface area (Å²) in [6, 6.07) is 0. The molecule has 0 aromatic carbocycles. The number of hydrogen-bond donors (Lipinski definition) is 0. The van der Waals surface area contributed by atoms with Gasteiger partial charge in [0.1, 0.15) is 0 Å². The minimum atomic E-state index is 0. The molecule has 3 heteroatoms. The smallest absolute Gasteiger partial charge is 0.147 e. The van der Waals surface area contributed by atoms with Crippen LogP contribution in [0.1, 0.15) is 19.3 Å². The summed E-state index contributed by atoms with van der Waals surface area (Å²) in [5, 5.41) is 0. The van der Waals surface area contributed by atoms with Crippen LogP contribution in [0.4, 0.5) is 0 Å². The molecule has 0 heterocycles. The summed E-state index contributed by atoms with van der Waals surface area (Å²) < 4.78 is 1.62. The molecular formula is C9H13Cl2Zr. The van der Waals surface area contributed by atoms with Crippen LogP contribution in [0.25, 0.3) is 0 Å². The van der Waals surface area contributed by atoms with Crippen molar-refractivity contribution in [2.45, 2.75) is 19.3 Å². The molecule has 0 unspecified atom stereocenters. The zero-order chi connectivity index (χ0) is 7.40. The molecule has 0 saturated carbocycles. The molecule has 0 saturated heterocycles. The van der Waals surface area contributed by atoms with E-state index >= 15 is 0 Å². The number of hydrogen-bond acceptors (Lipinski definition) is 0. The van der Waals surface area contributed by atoms with Gasteiger partial charge in [0, 0.05) is 0 Å². The van der Waals surface area contributed by atoms with Crippen molar-refractivity contribution in [3.63, 3.8) is 0 Å². The minimum absolute atomic E-state index is 0. The third-order valence-electron chi connectivity index (χ3n) is 1.65. The summed E-state index contributed by atoms with van der Waals surface area (Å²) in [7, 11) is 0. The average molecular weight is 283 g/mol. The summed E-state index contributed by atoms with van der Waals surface area (Å²) >= 11 is 1.58. The molecule has 0 spiro atoms. The van der Waals surface area contributed by atoms with Gasteiger partial charge < -0.3 is 0 Å². The number of halogens is 2. The molecule has 0 bridgehead atoms. The standard InChI is InChI=1S/C9H11.2ClH.Zr/c1-2-3-6-9-7-4-5-8-9;;;/h2,4,7H,1,3,5-6H2;2*1H;. The number of rotatable bonds is 3. The first-order chi connectivity index (χ1) is 4.84. The largest absolute Gasteiger partial charge is 0.147 e. The zero-order valence-electron chi connectivity index (χ0n) is 6.88. The van der Waals surface area contributed by atoms with Crippen LogP contribution in [0.3, 0.4) is 0 Å². The Balaban J connectivity index is 0. The Morgan fingerprint density at radius 3 is 2.58 bits per heavy atom. The van der Waals surface area contributed by atoms with Gasteiger partial charge in [-0.25, -0.2) is 0 Å². The summed E-state index contributed by atoms with van der Waals surface area (Å²) in [6.07, 6.45) is 10.0. The Morgan fingerprint density at radius 1 is 1.50 bits per heavy atom. The summed E-state index contributed by atoms with van der Waals surface area (Å²) in [5.74, 6) is 0. The van der Waals surface area contributed by atoms with Crippen LogP contribution in [0.2, 0.25) is 0 Å². The van der Waals surface area contributed by atoms with E-state index in [1.807, 2.05) is 6.08 Å². The van der Waals surface area contributed by atoms with Crippen molar-refractivity contribution >= 4 is 24.8 Å². The molecule has 1 rings (SSSR count). The molecule has 0 nitrogen and oxygen atoms in total. The first kappa shape index (κ1) is 15.2. The van der Waals surface area contributed by atoms with Crippen LogP contribution in [-0.4, -0.2) is 0 Å². The zero-order valence-corrected chi connectivity index (χ0v) is 11.0. The first-order valence-electron chi connectivity index (χ1n) is 3.55. The Bertz CT molecular complexity index is 195. The monoisotopic (exact) mass is 281 g/mol. The maximum Gasteiger partial charge on any atom is -0.147 e. The fourth-order valence-electron chi connectivity index (χ4n) is 1.04. The van der Waals surface area contributed by atoms with Gasteiger partial charge in [-0.05, 0) is 0 Å². The van der Waals surface area contributed by atoms with Crippen LogP contribution in [0, 0.1) is 0 Å². The van der Waals surface area contributed by atoms with E-state index in [0.717, 1.165) is 6.42 Å². The van der Waals surface area contributed by atoms with Gasteiger partial charge in [-0.3, -0.25) is 0 Å². The molecule has 0 aromatic heterocycles. The van der Waals surface area contributed by atoms with Crippen molar-refractivity contribution in [2.75, 3.05) is 0 Å². The van der Waals surface area contributed by atoms with Crippen molar-refractivity contribution in [1.29, 1.82) is 0 Å². The van der Waals surface area contributed by atoms with Gasteiger partial charge in [0.15, 0.2) is 0 Å². The van der Waals surface area contributed by atoms with Crippen molar-refractivity contribution in [2.24, 2.45) is 0 Å². The minimum Gasteiger partial charge on any atom is -0.147 e. The van der Waals surface area contributed by atoms with E-state index in [1.165, 1.54) is 12.8 Å². The van der Waals surface area contributed by atoms with Crippen LogP contribution < -0.4 is 0 Å². The van der Waals surface area contributed by atoms with E-state index in [-0.39, 0.29) is 24.8 Å². The second-order valence-electron chi connectivity index (χ2n) is 2.44. The van der Waals surface area contributed by atoms with Crippen LogP contribution in [-0.2, 0) is 24.7 Å². The normalized spacial score (nSPS) is 13.6. The molecule has 1 aliphatic rings. The average Bonchev–Trinajstić information content (AvgIpc) is 2.31. The Labute approximate surface area is 102 Å². The molecule has 1 aliphatic carbocycles. The molecule has 0 atom stereocenters. The SMILES string of the molecule is C=CCCC1=[C]([Zr])CC=C1.Cl.Cl. The second-order valence-corrected chi connectivity index (χ2v) is 3.92. The summed E-state index contributed by atoms with van der Waals surface area (Å²) in [4.78, 5) is 0. The maximum absolute atomic E-state index is 3.71. The predicted molar refractivity (Wildman–Crippen MR) is 54.7 cm³/mol. The van der Waals surface area contributed by atoms with Crippen molar-refractivity contribution in [3.05, 3.63) is 33.7 Å². The third-order valence-corrected chi connectivity index (χ3v) is 2.94. The van der Waals surface area contributed by atoms with E-state index in [9.17, 15) is 0 Å². The molecule has 67 valence electrons. The molecule has 0 N–H and O–H groups in total. The van der Waals surface area contributed by atoms with Crippen molar-refractivity contribution in [1.82, 2.24) is 0 Å². The molecule has 0 aliphatic heterocycles. The van der Waals surface area contributed by atoms with Gasteiger partial charge in [-0.1, -0.05) is 0 Å². The van der Waals surface area contributed by atoms with Crippen LogP contribution in [0.15, 0.2) is 33.7 Å². The molecule has 0 fully saturated rings. The van der Waals surface area contributed by atoms with Crippen molar-refractivity contribution < 1.29 is 24.7 Å². The Kier molecular flexibility index (Phi) is 10.5. The molecule has 0 amide bonds. The van der Waals surface area contributed by atoms with Crippen LogP contribution in [0.5, 0.6) is 0 Å². The maximum atomic E-state index is 3.71. The van der Waals surface area contributed by atoms with E-state index < -0.39 is 0 Å². The van der Waals surface area contributed by atoms with Gasteiger partial charge in [0.2, 0.25) is 0 Å². The molecular weight excluding hydrogens is 270 g/mol. The van der Waals surface area contributed by atoms with E-state index in [0.29, 0.717) is 0 Å². The first-order valence-corrected chi connectivity index (χ1v) is 4.78.